The highest BCUT2D eigenvalue weighted by Crippen LogP contribution is 2.38. The number of anilines is 1. The van der Waals surface area contributed by atoms with Crippen LogP contribution in [-0.2, 0) is 0 Å². The maximum atomic E-state index is 11.8. The van der Waals surface area contributed by atoms with Crippen LogP contribution < -0.4 is 10.6 Å². The number of amides is 1. The molecule has 3 N–H and O–H groups in total. The SMILES string of the molecule is C=CCNC(=O)c1ccc(N[C@H]2CCC[C@@]2(C)CO)nc1. The summed E-state index contributed by atoms with van der Waals surface area (Å²) < 4.78 is 0. The molecule has 1 heterocycles. The smallest absolute Gasteiger partial charge is 0.253 e. The molecule has 5 heteroatoms. The van der Waals surface area contributed by atoms with Crippen molar-refractivity contribution in [2.45, 2.75) is 32.2 Å². The van der Waals surface area contributed by atoms with Gasteiger partial charge in [-0.15, -0.1) is 6.58 Å². The van der Waals surface area contributed by atoms with Gasteiger partial charge >= 0.3 is 0 Å². The Balaban J connectivity index is 1.99. The van der Waals surface area contributed by atoms with E-state index in [4.69, 9.17) is 0 Å². The van der Waals surface area contributed by atoms with Crippen LogP contribution in [0, 0.1) is 5.41 Å². The Kier molecular flexibility index (Phi) is 4.96. The molecule has 0 spiro atoms. The highest BCUT2D eigenvalue weighted by Gasteiger charge is 2.38. The predicted octanol–water partition coefficient (Wildman–Crippen LogP) is 1.96. The van der Waals surface area contributed by atoms with E-state index in [0.717, 1.165) is 25.1 Å². The van der Waals surface area contributed by atoms with Crippen LogP contribution in [0.15, 0.2) is 31.0 Å². The predicted molar refractivity (Wildman–Crippen MR) is 83.2 cm³/mol. The van der Waals surface area contributed by atoms with E-state index >= 15 is 0 Å². The van der Waals surface area contributed by atoms with Gasteiger partial charge in [-0.25, -0.2) is 4.98 Å². The van der Waals surface area contributed by atoms with Crippen LogP contribution in [0.1, 0.15) is 36.5 Å². The molecule has 0 bridgehead atoms. The normalized spacial score (nSPS) is 24.6. The van der Waals surface area contributed by atoms with Crippen LogP contribution in [0.4, 0.5) is 5.82 Å². The number of aromatic nitrogens is 1. The topological polar surface area (TPSA) is 74.2 Å². The van der Waals surface area contributed by atoms with Gasteiger partial charge in [-0.2, -0.15) is 0 Å². The van der Waals surface area contributed by atoms with E-state index in [1.54, 1.807) is 24.4 Å². The number of aliphatic hydroxyl groups excluding tert-OH is 1. The molecule has 1 aromatic heterocycles. The third kappa shape index (κ3) is 3.61. The molecule has 1 aliphatic carbocycles. The van der Waals surface area contributed by atoms with E-state index in [9.17, 15) is 9.90 Å². The average molecular weight is 289 g/mol. The number of nitrogens with one attached hydrogen (secondary N) is 2. The Bertz CT molecular complexity index is 501. The molecule has 114 valence electrons. The van der Waals surface area contributed by atoms with Crippen molar-refractivity contribution in [3.63, 3.8) is 0 Å². The first-order chi connectivity index (χ1) is 10.1. The highest BCUT2D eigenvalue weighted by atomic mass is 16.3. The van der Waals surface area contributed by atoms with E-state index in [0.29, 0.717) is 12.1 Å². The van der Waals surface area contributed by atoms with Gasteiger partial charge in [-0.1, -0.05) is 19.4 Å². The first-order valence-electron chi connectivity index (χ1n) is 7.31. The highest BCUT2D eigenvalue weighted by molar-refractivity contribution is 5.94. The maximum absolute atomic E-state index is 11.8. The fourth-order valence-corrected chi connectivity index (χ4v) is 2.73. The summed E-state index contributed by atoms with van der Waals surface area (Å²) in [4.78, 5) is 16.0. The molecule has 1 aliphatic rings. The molecular weight excluding hydrogens is 266 g/mol. The molecule has 0 aromatic carbocycles. The van der Waals surface area contributed by atoms with Crippen LogP contribution in [0.3, 0.4) is 0 Å². The molecule has 0 aliphatic heterocycles. The van der Waals surface area contributed by atoms with E-state index in [2.05, 4.69) is 29.1 Å². The fourth-order valence-electron chi connectivity index (χ4n) is 2.73. The van der Waals surface area contributed by atoms with Gasteiger partial charge < -0.3 is 15.7 Å². The first kappa shape index (κ1) is 15.5. The lowest BCUT2D eigenvalue weighted by molar-refractivity contribution is 0.0957. The molecule has 2 rings (SSSR count). The fraction of sp³-hybridized carbons (Fsp3) is 0.500. The number of aliphatic hydroxyl groups is 1. The lowest BCUT2D eigenvalue weighted by Crippen LogP contribution is -2.36. The van der Waals surface area contributed by atoms with Crippen molar-refractivity contribution in [1.82, 2.24) is 10.3 Å². The van der Waals surface area contributed by atoms with Crippen LogP contribution in [0.5, 0.6) is 0 Å². The summed E-state index contributed by atoms with van der Waals surface area (Å²) in [5, 5.41) is 15.6. The summed E-state index contributed by atoms with van der Waals surface area (Å²) in [5.41, 5.74) is 0.431. The molecule has 2 atom stereocenters. The summed E-state index contributed by atoms with van der Waals surface area (Å²) in [6, 6.07) is 3.77. The van der Waals surface area contributed by atoms with E-state index < -0.39 is 0 Å². The van der Waals surface area contributed by atoms with Gasteiger partial charge in [0, 0.05) is 24.2 Å². The number of pyridine rings is 1. The van der Waals surface area contributed by atoms with Gasteiger partial charge in [-0.3, -0.25) is 4.79 Å². The maximum Gasteiger partial charge on any atom is 0.253 e. The lowest BCUT2D eigenvalue weighted by Gasteiger charge is -2.30. The molecular formula is C16H23N3O2. The zero-order chi connectivity index (χ0) is 15.3. The minimum absolute atomic E-state index is 0.0955. The molecule has 1 saturated carbocycles. The number of hydrogen-bond donors (Lipinski definition) is 3. The third-order valence-electron chi connectivity index (χ3n) is 4.20. The number of carbonyl (C=O) groups is 1. The van der Waals surface area contributed by atoms with Gasteiger partial charge in [0.25, 0.3) is 5.91 Å². The lowest BCUT2D eigenvalue weighted by atomic mass is 9.86. The Morgan fingerprint density at radius 2 is 2.43 bits per heavy atom. The first-order valence-corrected chi connectivity index (χ1v) is 7.31. The van der Waals surface area contributed by atoms with Crippen molar-refractivity contribution in [2.75, 3.05) is 18.5 Å². The molecule has 0 radical (unpaired) electrons. The van der Waals surface area contributed by atoms with Crippen molar-refractivity contribution in [2.24, 2.45) is 5.41 Å². The number of hydrogen-bond acceptors (Lipinski definition) is 4. The van der Waals surface area contributed by atoms with Crippen molar-refractivity contribution in [1.29, 1.82) is 0 Å². The van der Waals surface area contributed by atoms with Gasteiger partial charge in [0.1, 0.15) is 5.82 Å². The van der Waals surface area contributed by atoms with Gasteiger partial charge in [0.05, 0.1) is 12.2 Å². The minimum atomic E-state index is -0.157. The second-order valence-electron chi connectivity index (χ2n) is 5.83. The quantitative estimate of drug-likeness (QED) is 0.700. The second kappa shape index (κ2) is 6.72. The van der Waals surface area contributed by atoms with Crippen LogP contribution >= 0.6 is 0 Å². The van der Waals surface area contributed by atoms with Crippen LogP contribution in [-0.4, -0.2) is 35.2 Å². The average Bonchev–Trinajstić information content (AvgIpc) is 2.87. The largest absolute Gasteiger partial charge is 0.396 e. The Morgan fingerprint density at radius 1 is 1.62 bits per heavy atom. The zero-order valence-electron chi connectivity index (χ0n) is 12.4. The minimum Gasteiger partial charge on any atom is -0.396 e. The number of rotatable bonds is 6. The Labute approximate surface area is 125 Å². The number of carbonyl (C=O) groups excluding carboxylic acids is 1. The summed E-state index contributed by atoms with van der Waals surface area (Å²) in [6.45, 7) is 6.26. The standard InChI is InChI=1S/C16H23N3O2/c1-3-9-17-15(21)12-6-7-14(18-10-12)19-13-5-4-8-16(13,2)11-20/h3,6-7,10,13,20H,1,4-5,8-9,11H2,2H3,(H,17,21)(H,18,19)/t13-,16-/m0/s1. The van der Waals surface area contributed by atoms with E-state index in [1.165, 1.54) is 0 Å². The Hall–Kier alpha value is -1.88. The number of nitrogens with zero attached hydrogens (tertiary/aromatic N) is 1. The zero-order valence-corrected chi connectivity index (χ0v) is 12.4. The summed E-state index contributed by atoms with van der Waals surface area (Å²) in [6.07, 6.45) is 6.35. The molecule has 1 fully saturated rings. The second-order valence-corrected chi connectivity index (χ2v) is 5.83. The van der Waals surface area contributed by atoms with Crippen LogP contribution in [0.2, 0.25) is 0 Å². The van der Waals surface area contributed by atoms with Gasteiger partial charge in [0.2, 0.25) is 0 Å². The Morgan fingerprint density at radius 3 is 3.05 bits per heavy atom. The summed E-state index contributed by atoms with van der Waals surface area (Å²) in [7, 11) is 0. The molecule has 5 nitrogen and oxygen atoms in total. The van der Waals surface area contributed by atoms with E-state index in [-0.39, 0.29) is 24.0 Å². The molecule has 0 saturated heterocycles. The molecule has 0 unspecified atom stereocenters. The summed E-state index contributed by atoms with van der Waals surface area (Å²) in [5.74, 6) is 0.580. The van der Waals surface area contributed by atoms with E-state index in [1.807, 2.05) is 0 Å². The van der Waals surface area contributed by atoms with Crippen molar-refractivity contribution in [3.05, 3.63) is 36.5 Å². The molecule has 21 heavy (non-hydrogen) atoms. The van der Waals surface area contributed by atoms with Crippen molar-refractivity contribution >= 4 is 11.7 Å². The van der Waals surface area contributed by atoms with Gasteiger partial charge in [-0.05, 0) is 25.0 Å². The molecule has 1 amide bonds. The molecule has 1 aromatic rings. The summed E-state index contributed by atoms with van der Waals surface area (Å²) >= 11 is 0. The van der Waals surface area contributed by atoms with Crippen molar-refractivity contribution < 1.29 is 9.90 Å². The van der Waals surface area contributed by atoms with Crippen molar-refractivity contribution in [3.8, 4) is 0 Å². The third-order valence-corrected chi connectivity index (χ3v) is 4.20. The monoisotopic (exact) mass is 289 g/mol. The van der Waals surface area contributed by atoms with Gasteiger partial charge in [0.15, 0.2) is 0 Å². The van der Waals surface area contributed by atoms with Crippen LogP contribution in [0.25, 0.3) is 0 Å².